The van der Waals surface area contributed by atoms with E-state index in [-0.39, 0.29) is 11.4 Å². The SMILES string of the molecule is CCCC(C)(C)NC(=O)c1cc(NC)nc(C(C)C)c1. The van der Waals surface area contributed by atoms with E-state index in [1.54, 1.807) is 6.07 Å². The molecule has 0 aliphatic carbocycles. The van der Waals surface area contributed by atoms with Crippen molar-refractivity contribution in [3.63, 3.8) is 0 Å². The quantitative estimate of drug-likeness (QED) is 0.836. The first-order valence-corrected chi connectivity index (χ1v) is 7.31. The summed E-state index contributed by atoms with van der Waals surface area (Å²) in [5.74, 6) is 0.984. The molecule has 1 rings (SSSR count). The van der Waals surface area contributed by atoms with Crippen molar-refractivity contribution in [2.45, 2.75) is 58.9 Å². The second-order valence-corrected chi connectivity index (χ2v) is 6.16. The van der Waals surface area contributed by atoms with Crippen LogP contribution in [-0.2, 0) is 0 Å². The molecular weight excluding hydrogens is 250 g/mol. The van der Waals surface area contributed by atoms with E-state index in [4.69, 9.17) is 0 Å². The summed E-state index contributed by atoms with van der Waals surface area (Å²) in [7, 11) is 1.81. The maximum atomic E-state index is 12.4. The number of rotatable bonds is 6. The Morgan fingerprint density at radius 3 is 2.50 bits per heavy atom. The van der Waals surface area contributed by atoms with Crippen LogP contribution in [0.3, 0.4) is 0 Å². The van der Waals surface area contributed by atoms with Gasteiger partial charge < -0.3 is 10.6 Å². The Labute approximate surface area is 122 Å². The molecule has 0 aromatic carbocycles. The van der Waals surface area contributed by atoms with Crippen LogP contribution in [0.1, 0.15) is 69.4 Å². The smallest absolute Gasteiger partial charge is 0.251 e. The largest absolute Gasteiger partial charge is 0.373 e. The maximum Gasteiger partial charge on any atom is 0.251 e. The number of amides is 1. The summed E-state index contributed by atoms with van der Waals surface area (Å²) in [4.78, 5) is 16.9. The van der Waals surface area contributed by atoms with Crippen molar-refractivity contribution in [1.82, 2.24) is 10.3 Å². The van der Waals surface area contributed by atoms with Crippen molar-refractivity contribution >= 4 is 11.7 Å². The van der Waals surface area contributed by atoms with Crippen LogP contribution in [0.2, 0.25) is 0 Å². The van der Waals surface area contributed by atoms with Crippen molar-refractivity contribution in [3.05, 3.63) is 23.4 Å². The van der Waals surface area contributed by atoms with Gasteiger partial charge in [-0.3, -0.25) is 4.79 Å². The highest BCUT2D eigenvalue weighted by atomic mass is 16.1. The molecule has 4 heteroatoms. The second-order valence-electron chi connectivity index (χ2n) is 6.16. The molecule has 2 N–H and O–H groups in total. The molecule has 1 aromatic rings. The van der Waals surface area contributed by atoms with Gasteiger partial charge in [-0.05, 0) is 38.3 Å². The summed E-state index contributed by atoms with van der Waals surface area (Å²) >= 11 is 0. The topological polar surface area (TPSA) is 54.0 Å². The molecule has 0 fully saturated rings. The lowest BCUT2D eigenvalue weighted by molar-refractivity contribution is 0.0909. The predicted octanol–water partition coefficient (Wildman–Crippen LogP) is 3.56. The Morgan fingerprint density at radius 2 is 2.00 bits per heavy atom. The van der Waals surface area contributed by atoms with Crippen molar-refractivity contribution in [2.24, 2.45) is 0 Å². The molecular formula is C16H27N3O. The molecule has 0 aliphatic heterocycles. The predicted molar refractivity (Wildman–Crippen MR) is 84.3 cm³/mol. The molecule has 0 atom stereocenters. The first-order valence-electron chi connectivity index (χ1n) is 7.31. The van der Waals surface area contributed by atoms with E-state index >= 15 is 0 Å². The Hall–Kier alpha value is -1.58. The van der Waals surface area contributed by atoms with Crippen molar-refractivity contribution < 1.29 is 4.79 Å². The minimum atomic E-state index is -0.188. The molecule has 0 saturated carbocycles. The Kier molecular flexibility index (Phi) is 5.54. The van der Waals surface area contributed by atoms with E-state index < -0.39 is 0 Å². The maximum absolute atomic E-state index is 12.4. The highest BCUT2D eigenvalue weighted by molar-refractivity contribution is 5.95. The molecule has 112 valence electrons. The van der Waals surface area contributed by atoms with Crippen LogP contribution >= 0.6 is 0 Å². The number of hydrogen-bond donors (Lipinski definition) is 2. The fourth-order valence-electron chi connectivity index (χ4n) is 2.17. The summed E-state index contributed by atoms with van der Waals surface area (Å²) in [6.07, 6.45) is 2.00. The Bertz CT molecular complexity index is 467. The van der Waals surface area contributed by atoms with E-state index in [1.165, 1.54) is 0 Å². The molecule has 1 amide bonds. The van der Waals surface area contributed by atoms with Gasteiger partial charge >= 0.3 is 0 Å². The molecule has 0 bridgehead atoms. The van der Waals surface area contributed by atoms with Crippen LogP contribution in [0, 0.1) is 0 Å². The van der Waals surface area contributed by atoms with Crippen LogP contribution in [0.4, 0.5) is 5.82 Å². The van der Waals surface area contributed by atoms with Crippen molar-refractivity contribution in [1.29, 1.82) is 0 Å². The number of hydrogen-bond acceptors (Lipinski definition) is 3. The van der Waals surface area contributed by atoms with Crippen LogP contribution < -0.4 is 10.6 Å². The molecule has 0 spiro atoms. The number of aromatic nitrogens is 1. The normalized spacial score (nSPS) is 11.6. The van der Waals surface area contributed by atoms with Crippen LogP contribution in [0.15, 0.2) is 12.1 Å². The van der Waals surface area contributed by atoms with Crippen LogP contribution in [0.25, 0.3) is 0 Å². The zero-order valence-corrected chi connectivity index (χ0v) is 13.5. The van der Waals surface area contributed by atoms with Gasteiger partial charge in [-0.15, -0.1) is 0 Å². The van der Waals surface area contributed by atoms with E-state index in [1.807, 2.05) is 13.1 Å². The number of nitrogens with one attached hydrogen (secondary N) is 2. The van der Waals surface area contributed by atoms with Gasteiger partial charge in [0.25, 0.3) is 5.91 Å². The summed E-state index contributed by atoms with van der Waals surface area (Å²) in [6, 6.07) is 3.67. The Balaban J connectivity index is 3.00. The van der Waals surface area contributed by atoms with E-state index in [2.05, 4.69) is 50.2 Å². The van der Waals surface area contributed by atoms with Gasteiger partial charge in [-0.1, -0.05) is 27.2 Å². The van der Waals surface area contributed by atoms with Gasteiger partial charge in [0, 0.05) is 23.8 Å². The standard InChI is InChI=1S/C16H27N3O/c1-7-8-16(4,5)19-15(20)12-9-13(11(2)3)18-14(10-12)17-6/h9-11H,7-8H2,1-6H3,(H,17,18)(H,19,20). The zero-order valence-electron chi connectivity index (χ0n) is 13.5. The lowest BCUT2D eigenvalue weighted by Crippen LogP contribution is -2.43. The average Bonchev–Trinajstić information content (AvgIpc) is 2.37. The number of carbonyl (C=O) groups excluding carboxylic acids is 1. The average molecular weight is 277 g/mol. The van der Waals surface area contributed by atoms with E-state index in [9.17, 15) is 4.79 Å². The lowest BCUT2D eigenvalue weighted by Gasteiger charge is -2.26. The molecule has 0 unspecified atom stereocenters. The third-order valence-electron chi connectivity index (χ3n) is 3.28. The minimum Gasteiger partial charge on any atom is -0.373 e. The molecule has 0 aliphatic rings. The number of pyridine rings is 1. The monoisotopic (exact) mass is 277 g/mol. The molecule has 20 heavy (non-hydrogen) atoms. The lowest BCUT2D eigenvalue weighted by atomic mass is 9.98. The molecule has 1 aromatic heterocycles. The number of nitrogens with zero attached hydrogens (tertiary/aromatic N) is 1. The van der Waals surface area contributed by atoms with E-state index in [0.29, 0.717) is 11.5 Å². The molecule has 1 heterocycles. The Morgan fingerprint density at radius 1 is 1.35 bits per heavy atom. The highest BCUT2D eigenvalue weighted by Crippen LogP contribution is 2.19. The van der Waals surface area contributed by atoms with Gasteiger partial charge in [0.05, 0.1) is 0 Å². The first kappa shape index (κ1) is 16.5. The third kappa shape index (κ3) is 4.51. The number of carbonyl (C=O) groups is 1. The fraction of sp³-hybridized carbons (Fsp3) is 0.625. The highest BCUT2D eigenvalue weighted by Gasteiger charge is 2.21. The second kappa shape index (κ2) is 6.73. The molecule has 4 nitrogen and oxygen atoms in total. The van der Waals surface area contributed by atoms with Crippen LogP contribution in [0.5, 0.6) is 0 Å². The summed E-state index contributed by atoms with van der Waals surface area (Å²) in [6.45, 7) is 10.4. The fourth-order valence-corrected chi connectivity index (χ4v) is 2.17. The molecule has 0 radical (unpaired) electrons. The number of anilines is 1. The van der Waals surface area contributed by atoms with Crippen molar-refractivity contribution in [3.8, 4) is 0 Å². The summed E-state index contributed by atoms with van der Waals surface area (Å²) in [5, 5.41) is 6.11. The van der Waals surface area contributed by atoms with Gasteiger partial charge in [-0.2, -0.15) is 0 Å². The van der Waals surface area contributed by atoms with E-state index in [0.717, 1.165) is 24.4 Å². The first-order chi connectivity index (χ1) is 9.29. The minimum absolute atomic E-state index is 0.0377. The zero-order chi connectivity index (χ0) is 15.3. The van der Waals surface area contributed by atoms with Gasteiger partial charge in [0.1, 0.15) is 5.82 Å². The van der Waals surface area contributed by atoms with Crippen molar-refractivity contribution in [2.75, 3.05) is 12.4 Å². The molecule has 0 saturated heterocycles. The van der Waals surface area contributed by atoms with Gasteiger partial charge in [0.15, 0.2) is 0 Å². The summed E-state index contributed by atoms with van der Waals surface area (Å²) in [5.41, 5.74) is 1.40. The van der Waals surface area contributed by atoms with Gasteiger partial charge in [-0.25, -0.2) is 4.98 Å². The van der Waals surface area contributed by atoms with Crippen LogP contribution in [-0.4, -0.2) is 23.5 Å². The van der Waals surface area contributed by atoms with Gasteiger partial charge in [0.2, 0.25) is 0 Å². The summed E-state index contributed by atoms with van der Waals surface area (Å²) < 4.78 is 0. The third-order valence-corrected chi connectivity index (χ3v) is 3.28.